The number of hydrogen-bond donors (Lipinski definition) is 1. The Bertz CT molecular complexity index is 327. The SMILES string of the molecule is COC(=O)c1ccc([B]O)c(F)c1. The molecule has 1 N–H and O–H groups in total. The van der Waals surface area contributed by atoms with E-state index in [1.807, 2.05) is 0 Å². The summed E-state index contributed by atoms with van der Waals surface area (Å²) >= 11 is 0. The van der Waals surface area contributed by atoms with Crippen molar-refractivity contribution in [2.45, 2.75) is 0 Å². The summed E-state index contributed by atoms with van der Waals surface area (Å²) in [6.45, 7) is 0. The molecule has 0 atom stereocenters. The number of hydrogen-bond acceptors (Lipinski definition) is 3. The molecule has 0 amide bonds. The number of halogens is 1. The van der Waals surface area contributed by atoms with Gasteiger partial charge in [-0.3, -0.25) is 0 Å². The van der Waals surface area contributed by atoms with Crippen LogP contribution in [0.4, 0.5) is 4.39 Å². The lowest BCUT2D eigenvalue weighted by atomic mass is 9.87. The maximum Gasteiger partial charge on any atom is 0.337 e. The number of rotatable bonds is 2. The highest BCUT2D eigenvalue weighted by Crippen LogP contribution is 2.02. The van der Waals surface area contributed by atoms with Crippen LogP contribution in [0.25, 0.3) is 0 Å². The second-order valence-corrected chi connectivity index (χ2v) is 2.36. The minimum Gasteiger partial charge on any atom is -0.465 e. The Labute approximate surface area is 75.4 Å². The minimum absolute atomic E-state index is 0.0349. The van der Waals surface area contributed by atoms with Crippen molar-refractivity contribution in [1.29, 1.82) is 0 Å². The van der Waals surface area contributed by atoms with E-state index in [0.717, 1.165) is 6.07 Å². The summed E-state index contributed by atoms with van der Waals surface area (Å²) < 4.78 is 17.3. The third kappa shape index (κ3) is 2.06. The Morgan fingerprint density at radius 1 is 1.62 bits per heavy atom. The number of esters is 1. The second-order valence-electron chi connectivity index (χ2n) is 2.36. The molecule has 1 rings (SSSR count). The number of carbonyl (C=O) groups excluding carboxylic acids is 1. The van der Waals surface area contributed by atoms with Crippen molar-refractivity contribution in [3.63, 3.8) is 0 Å². The highest BCUT2D eigenvalue weighted by molar-refractivity contribution is 6.45. The summed E-state index contributed by atoms with van der Waals surface area (Å²) in [6, 6.07) is 3.67. The summed E-state index contributed by atoms with van der Waals surface area (Å²) in [4.78, 5) is 10.9. The van der Waals surface area contributed by atoms with Crippen LogP contribution in [-0.2, 0) is 4.74 Å². The third-order valence-corrected chi connectivity index (χ3v) is 1.56. The summed E-state index contributed by atoms with van der Waals surface area (Å²) in [7, 11) is 1.85. The molecule has 0 spiro atoms. The molecule has 0 aliphatic rings. The predicted octanol–water partition coefficient (Wildman–Crippen LogP) is -0.151. The first-order chi connectivity index (χ1) is 6.19. The van der Waals surface area contributed by atoms with Gasteiger partial charge in [-0.15, -0.1) is 0 Å². The fraction of sp³-hybridized carbons (Fsp3) is 0.125. The van der Waals surface area contributed by atoms with Gasteiger partial charge in [-0.25, -0.2) is 9.18 Å². The third-order valence-electron chi connectivity index (χ3n) is 1.56. The molecule has 1 radical (unpaired) electrons. The van der Waals surface area contributed by atoms with Crippen molar-refractivity contribution in [1.82, 2.24) is 0 Å². The molecule has 0 heterocycles. The van der Waals surface area contributed by atoms with Gasteiger partial charge in [0.15, 0.2) is 0 Å². The van der Waals surface area contributed by atoms with Crippen LogP contribution in [0.2, 0.25) is 0 Å². The van der Waals surface area contributed by atoms with E-state index in [-0.39, 0.29) is 11.0 Å². The van der Waals surface area contributed by atoms with E-state index in [1.54, 1.807) is 0 Å². The Kier molecular flexibility index (Phi) is 3.03. The molecular weight excluding hydrogens is 174 g/mol. The van der Waals surface area contributed by atoms with Gasteiger partial charge in [-0.2, -0.15) is 0 Å². The van der Waals surface area contributed by atoms with Crippen molar-refractivity contribution < 1.29 is 18.9 Å². The van der Waals surface area contributed by atoms with Gasteiger partial charge in [0.05, 0.1) is 12.7 Å². The van der Waals surface area contributed by atoms with Gasteiger partial charge in [-0.1, -0.05) is 6.07 Å². The highest BCUT2D eigenvalue weighted by atomic mass is 19.1. The molecule has 0 unspecified atom stereocenters. The van der Waals surface area contributed by atoms with Crippen LogP contribution in [0, 0.1) is 5.82 Å². The van der Waals surface area contributed by atoms with E-state index >= 15 is 0 Å². The summed E-state index contributed by atoms with van der Waals surface area (Å²) in [6.07, 6.45) is 0. The standard InChI is InChI=1S/C8H7BFO3/c1-13-8(11)5-2-3-6(9-12)7(10)4-5/h2-4,12H,1H3. The summed E-state index contributed by atoms with van der Waals surface area (Å²) in [5.41, 5.74) is 0.151. The lowest BCUT2D eigenvalue weighted by Crippen LogP contribution is -2.19. The fourth-order valence-corrected chi connectivity index (χ4v) is 0.877. The van der Waals surface area contributed by atoms with Gasteiger partial charge in [0, 0.05) is 0 Å². The molecule has 1 aromatic carbocycles. The van der Waals surface area contributed by atoms with Gasteiger partial charge >= 0.3 is 13.5 Å². The zero-order valence-corrected chi connectivity index (χ0v) is 6.95. The van der Waals surface area contributed by atoms with Gasteiger partial charge in [0.2, 0.25) is 0 Å². The molecule has 0 bridgehead atoms. The zero-order valence-electron chi connectivity index (χ0n) is 6.95. The molecule has 5 heteroatoms. The number of methoxy groups -OCH3 is 1. The average molecular weight is 181 g/mol. The number of benzene rings is 1. The largest absolute Gasteiger partial charge is 0.465 e. The lowest BCUT2D eigenvalue weighted by molar-refractivity contribution is 0.0600. The van der Waals surface area contributed by atoms with Crippen molar-refractivity contribution in [2.24, 2.45) is 0 Å². The van der Waals surface area contributed by atoms with Crippen LogP contribution in [-0.4, -0.2) is 25.6 Å². The zero-order chi connectivity index (χ0) is 9.84. The first-order valence-corrected chi connectivity index (χ1v) is 3.54. The topological polar surface area (TPSA) is 46.5 Å². The lowest BCUT2D eigenvalue weighted by Gasteiger charge is -2.01. The van der Waals surface area contributed by atoms with E-state index < -0.39 is 11.8 Å². The molecule has 0 aromatic heterocycles. The fourth-order valence-electron chi connectivity index (χ4n) is 0.877. The Morgan fingerprint density at radius 2 is 2.31 bits per heavy atom. The van der Waals surface area contributed by atoms with Crippen LogP contribution >= 0.6 is 0 Å². The van der Waals surface area contributed by atoms with E-state index in [9.17, 15) is 9.18 Å². The van der Waals surface area contributed by atoms with Gasteiger partial charge in [-0.05, 0) is 17.6 Å². The Hall–Kier alpha value is -1.36. The molecule has 0 aliphatic heterocycles. The van der Waals surface area contributed by atoms with Crippen LogP contribution < -0.4 is 5.46 Å². The van der Waals surface area contributed by atoms with E-state index in [2.05, 4.69) is 4.74 Å². The van der Waals surface area contributed by atoms with Crippen LogP contribution in [0.1, 0.15) is 10.4 Å². The van der Waals surface area contributed by atoms with Crippen LogP contribution in [0.5, 0.6) is 0 Å². The predicted molar refractivity (Wildman–Crippen MR) is 45.3 cm³/mol. The van der Waals surface area contributed by atoms with Gasteiger partial charge in [0.1, 0.15) is 5.82 Å². The Morgan fingerprint density at radius 3 is 2.77 bits per heavy atom. The normalized spacial score (nSPS) is 9.46. The summed E-state index contributed by atoms with van der Waals surface area (Å²) in [5.74, 6) is -1.27. The number of carbonyl (C=O) groups is 1. The second kappa shape index (κ2) is 4.05. The smallest absolute Gasteiger partial charge is 0.337 e. The molecule has 0 fully saturated rings. The van der Waals surface area contributed by atoms with Crippen molar-refractivity contribution >= 4 is 18.9 Å². The van der Waals surface area contributed by atoms with E-state index in [1.165, 1.54) is 19.2 Å². The van der Waals surface area contributed by atoms with Crippen molar-refractivity contribution in [2.75, 3.05) is 7.11 Å². The average Bonchev–Trinajstić information content (AvgIpc) is 2.16. The molecule has 3 nitrogen and oxygen atoms in total. The van der Waals surface area contributed by atoms with E-state index in [0.29, 0.717) is 7.48 Å². The van der Waals surface area contributed by atoms with Crippen LogP contribution in [0.3, 0.4) is 0 Å². The maximum atomic E-state index is 12.9. The van der Waals surface area contributed by atoms with Crippen LogP contribution in [0.15, 0.2) is 18.2 Å². The molecular formula is C8H7BFO3. The van der Waals surface area contributed by atoms with Gasteiger partial charge in [0.25, 0.3) is 0 Å². The summed E-state index contributed by atoms with van der Waals surface area (Å²) in [5, 5.41) is 8.52. The number of ether oxygens (including phenoxy) is 1. The van der Waals surface area contributed by atoms with E-state index in [4.69, 9.17) is 5.02 Å². The monoisotopic (exact) mass is 181 g/mol. The molecule has 13 heavy (non-hydrogen) atoms. The first kappa shape index (κ1) is 9.73. The minimum atomic E-state index is -0.662. The molecule has 0 saturated carbocycles. The Balaban J connectivity index is 3.02. The molecule has 0 aliphatic carbocycles. The highest BCUT2D eigenvalue weighted by Gasteiger charge is 2.09. The first-order valence-electron chi connectivity index (χ1n) is 3.54. The van der Waals surface area contributed by atoms with Crippen molar-refractivity contribution in [3.8, 4) is 0 Å². The van der Waals surface area contributed by atoms with Crippen molar-refractivity contribution in [3.05, 3.63) is 29.6 Å². The molecule has 0 saturated heterocycles. The molecule has 1 aromatic rings. The molecule has 67 valence electrons. The quantitative estimate of drug-likeness (QED) is 0.509. The van der Waals surface area contributed by atoms with Gasteiger partial charge < -0.3 is 9.76 Å². The maximum absolute atomic E-state index is 12.9.